The van der Waals surface area contributed by atoms with E-state index in [4.69, 9.17) is 5.73 Å². The molecule has 1 aromatic rings. The molecule has 0 unspecified atom stereocenters. The lowest BCUT2D eigenvalue weighted by atomic mass is 10.1. The molecular weight excluding hydrogens is 285 g/mol. The molecule has 1 fully saturated rings. The maximum Gasteiger partial charge on any atom is 0.251 e. The summed E-state index contributed by atoms with van der Waals surface area (Å²) >= 11 is 0. The van der Waals surface area contributed by atoms with Gasteiger partial charge in [0.15, 0.2) is 0 Å². The number of carbonyl (C=O) groups is 2. The van der Waals surface area contributed by atoms with Gasteiger partial charge in [0, 0.05) is 11.7 Å². The Morgan fingerprint density at radius 3 is 2.50 bits per heavy atom. The maximum absolute atomic E-state index is 13.4. The maximum atomic E-state index is 13.4. The second-order valence-electron chi connectivity index (χ2n) is 5.67. The Morgan fingerprint density at radius 1 is 1.18 bits per heavy atom. The van der Waals surface area contributed by atoms with Gasteiger partial charge in [-0.1, -0.05) is 25.7 Å². The van der Waals surface area contributed by atoms with Crippen molar-refractivity contribution < 1.29 is 14.0 Å². The van der Waals surface area contributed by atoms with Crippen LogP contribution in [-0.4, -0.2) is 24.4 Å². The van der Waals surface area contributed by atoms with Gasteiger partial charge in [-0.25, -0.2) is 4.39 Å². The quantitative estimate of drug-likeness (QED) is 0.729. The summed E-state index contributed by atoms with van der Waals surface area (Å²) in [6.45, 7) is 0.0837. The second kappa shape index (κ2) is 7.77. The first-order chi connectivity index (χ1) is 10.6. The molecule has 5 nitrogen and oxygen atoms in total. The summed E-state index contributed by atoms with van der Waals surface area (Å²) in [4.78, 5) is 23.0. The summed E-state index contributed by atoms with van der Waals surface area (Å²) < 4.78 is 13.4. The third kappa shape index (κ3) is 4.72. The molecule has 0 spiro atoms. The van der Waals surface area contributed by atoms with Crippen molar-refractivity contribution in [3.8, 4) is 0 Å². The van der Waals surface area contributed by atoms with E-state index in [0.717, 1.165) is 31.7 Å². The van der Waals surface area contributed by atoms with Gasteiger partial charge >= 0.3 is 0 Å². The van der Waals surface area contributed by atoms with Gasteiger partial charge in [0.25, 0.3) is 5.91 Å². The smallest absolute Gasteiger partial charge is 0.251 e. The number of hydrogen-bond donors (Lipinski definition) is 3. The summed E-state index contributed by atoms with van der Waals surface area (Å²) in [6, 6.07) is 4.19. The van der Waals surface area contributed by atoms with Gasteiger partial charge < -0.3 is 16.4 Å². The van der Waals surface area contributed by atoms with Crippen molar-refractivity contribution in [1.29, 1.82) is 0 Å². The Labute approximate surface area is 129 Å². The van der Waals surface area contributed by atoms with E-state index in [0.29, 0.717) is 5.69 Å². The fraction of sp³-hybridized carbons (Fsp3) is 0.500. The molecular formula is C16H22FN3O2. The summed E-state index contributed by atoms with van der Waals surface area (Å²) in [5.74, 6) is -1.60. The fourth-order valence-corrected chi connectivity index (χ4v) is 2.71. The Bertz CT molecular complexity index is 540. The topological polar surface area (TPSA) is 84.2 Å². The first kappa shape index (κ1) is 16.3. The minimum atomic E-state index is -0.830. The van der Waals surface area contributed by atoms with Crippen LogP contribution in [0.3, 0.4) is 0 Å². The molecule has 0 aromatic heterocycles. The van der Waals surface area contributed by atoms with Crippen molar-refractivity contribution in [2.24, 2.45) is 5.73 Å². The lowest BCUT2D eigenvalue weighted by Crippen LogP contribution is -2.38. The van der Waals surface area contributed by atoms with Gasteiger partial charge in [-0.15, -0.1) is 0 Å². The van der Waals surface area contributed by atoms with Gasteiger partial charge in [-0.3, -0.25) is 9.59 Å². The minimum absolute atomic E-state index is 0.0837. The Balaban J connectivity index is 1.85. The molecule has 0 atom stereocenters. The van der Waals surface area contributed by atoms with Gasteiger partial charge in [-0.2, -0.15) is 0 Å². The summed E-state index contributed by atoms with van der Waals surface area (Å²) in [5, 5.41) is 5.90. The zero-order valence-electron chi connectivity index (χ0n) is 12.5. The molecule has 0 heterocycles. The molecule has 1 aliphatic carbocycles. The zero-order chi connectivity index (χ0) is 15.9. The number of nitrogens with two attached hydrogens (primary N) is 1. The molecule has 0 radical (unpaired) electrons. The number of carbonyl (C=O) groups excluding carboxylic acids is 2. The largest absolute Gasteiger partial charge is 0.376 e. The number of anilines is 1. The number of nitrogens with one attached hydrogen (secondary N) is 2. The van der Waals surface area contributed by atoms with E-state index in [2.05, 4.69) is 10.6 Å². The van der Waals surface area contributed by atoms with Crippen LogP contribution in [0.4, 0.5) is 10.1 Å². The van der Waals surface area contributed by atoms with Crippen LogP contribution in [0.1, 0.15) is 48.9 Å². The first-order valence-corrected chi connectivity index (χ1v) is 7.69. The van der Waals surface area contributed by atoms with Crippen LogP contribution in [0, 0.1) is 5.82 Å². The van der Waals surface area contributed by atoms with Crippen LogP contribution in [0.25, 0.3) is 0 Å². The second-order valence-corrected chi connectivity index (χ2v) is 5.67. The predicted octanol–water partition coefficient (Wildman–Crippen LogP) is 2.18. The minimum Gasteiger partial charge on any atom is -0.376 e. The SMILES string of the molecule is NC(=O)c1cc(NCC(=O)NC2CCCCCC2)ccc1F. The normalized spacial score (nSPS) is 15.9. The summed E-state index contributed by atoms with van der Waals surface area (Å²) in [6.07, 6.45) is 6.81. The Morgan fingerprint density at radius 2 is 1.86 bits per heavy atom. The highest BCUT2D eigenvalue weighted by molar-refractivity contribution is 5.94. The third-order valence-electron chi connectivity index (χ3n) is 3.91. The number of benzene rings is 1. The van der Waals surface area contributed by atoms with Crippen molar-refractivity contribution >= 4 is 17.5 Å². The van der Waals surface area contributed by atoms with Crippen LogP contribution >= 0.6 is 0 Å². The highest BCUT2D eigenvalue weighted by atomic mass is 19.1. The van der Waals surface area contributed by atoms with Crippen LogP contribution in [0.5, 0.6) is 0 Å². The van der Waals surface area contributed by atoms with Crippen LogP contribution in [0.2, 0.25) is 0 Å². The lowest BCUT2D eigenvalue weighted by molar-refractivity contribution is -0.120. The summed E-state index contributed by atoms with van der Waals surface area (Å²) in [5.41, 5.74) is 5.40. The van der Waals surface area contributed by atoms with Crippen LogP contribution in [-0.2, 0) is 4.79 Å². The number of rotatable bonds is 5. The molecule has 2 rings (SSSR count). The van der Waals surface area contributed by atoms with E-state index in [1.165, 1.54) is 25.0 Å². The molecule has 6 heteroatoms. The number of amides is 2. The molecule has 0 bridgehead atoms. The van der Waals surface area contributed by atoms with Gasteiger partial charge in [-0.05, 0) is 31.0 Å². The molecule has 1 aliphatic rings. The fourth-order valence-electron chi connectivity index (χ4n) is 2.71. The molecule has 1 saturated carbocycles. The molecule has 120 valence electrons. The highest BCUT2D eigenvalue weighted by Gasteiger charge is 2.15. The molecule has 22 heavy (non-hydrogen) atoms. The van der Waals surface area contributed by atoms with Gasteiger partial charge in [0.2, 0.25) is 5.91 Å². The predicted molar refractivity (Wildman–Crippen MR) is 83.0 cm³/mol. The van der Waals surface area contributed by atoms with E-state index in [1.54, 1.807) is 0 Å². The number of hydrogen-bond acceptors (Lipinski definition) is 3. The van der Waals surface area contributed by atoms with Crippen LogP contribution < -0.4 is 16.4 Å². The van der Waals surface area contributed by atoms with E-state index < -0.39 is 11.7 Å². The van der Waals surface area contributed by atoms with Gasteiger partial charge in [0.05, 0.1) is 12.1 Å². The third-order valence-corrected chi connectivity index (χ3v) is 3.91. The molecule has 2 amide bonds. The van der Waals surface area contributed by atoms with E-state index in [-0.39, 0.29) is 24.1 Å². The van der Waals surface area contributed by atoms with Gasteiger partial charge in [0.1, 0.15) is 5.82 Å². The molecule has 0 saturated heterocycles. The first-order valence-electron chi connectivity index (χ1n) is 7.69. The monoisotopic (exact) mass is 307 g/mol. The van der Waals surface area contributed by atoms with Crippen molar-refractivity contribution in [1.82, 2.24) is 5.32 Å². The average Bonchev–Trinajstić information content (AvgIpc) is 2.74. The van der Waals surface area contributed by atoms with E-state index in [1.807, 2.05) is 0 Å². The Hall–Kier alpha value is -2.11. The van der Waals surface area contributed by atoms with Crippen LogP contribution in [0.15, 0.2) is 18.2 Å². The zero-order valence-corrected chi connectivity index (χ0v) is 12.5. The molecule has 4 N–H and O–H groups in total. The van der Waals surface area contributed by atoms with Crippen molar-refractivity contribution in [3.05, 3.63) is 29.6 Å². The Kier molecular flexibility index (Phi) is 5.75. The van der Waals surface area contributed by atoms with E-state index >= 15 is 0 Å². The summed E-state index contributed by atoms with van der Waals surface area (Å²) in [7, 11) is 0. The van der Waals surface area contributed by atoms with E-state index in [9.17, 15) is 14.0 Å². The molecule has 0 aliphatic heterocycles. The highest BCUT2D eigenvalue weighted by Crippen LogP contribution is 2.17. The van der Waals surface area contributed by atoms with Crippen molar-refractivity contribution in [2.45, 2.75) is 44.6 Å². The average molecular weight is 307 g/mol. The number of halogens is 1. The van der Waals surface area contributed by atoms with Crippen molar-refractivity contribution in [2.75, 3.05) is 11.9 Å². The lowest BCUT2D eigenvalue weighted by Gasteiger charge is -2.16. The standard InChI is InChI=1S/C16H22FN3O2/c17-14-8-7-12(9-13(14)16(18)22)19-10-15(21)20-11-5-3-1-2-4-6-11/h7-9,11,19H,1-6,10H2,(H2,18,22)(H,20,21). The molecule has 1 aromatic carbocycles. The number of primary amides is 1. The van der Waals surface area contributed by atoms with Crippen molar-refractivity contribution in [3.63, 3.8) is 0 Å².